The number of para-hydroxylation sites is 1. The van der Waals surface area contributed by atoms with Gasteiger partial charge in [-0.15, -0.1) is 0 Å². The van der Waals surface area contributed by atoms with Crippen LogP contribution < -0.4 is 10.5 Å². The van der Waals surface area contributed by atoms with Gasteiger partial charge in [0.15, 0.2) is 0 Å². The first-order valence-electron chi connectivity index (χ1n) is 4.83. The fourth-order valence-electron chi connectivity index (χ4n) is 1.32. The molecule has 0 heterocycles. The summed E-state index contributed by atoms with van der Waals surface area (Å²) in [5.74, 6) is -1.13. The molecule has 0 amide bonds. The number of carboxylic acids is 1. The molecule has 0 saturated carbocycles. The summed E-state index contributed by atoms with van der Waals surface area (Å²) in [7, 11) is -3.39. The number of rotatable bonds is 5. The molecule has 1 rings (SSSR count). The molecule has 6 nitrogen and oxygen atoms in total. The van der Waals surface area contributed by atoms with Crippen LogP contribution in [0.5, 0.6) is 0 Å². The Morgan fingerprint density at radius 1 is 1.47 bits per heavy atom. The Balaban J connectivity index is 2.96. The lowest BCUT2D eigenvalue weighted by molar-refractivity contribution is -0.138. The van der Waals surface area contributed by atoms with Gasteiger partial charge >= 0.3 is 5.97 Å². The van der Waals surface area contributed by atoms with Gasteiger partial charge in [0.25, 0.3) is 0 Å². The second-order valence-corrected chi connectivity index (χ2v) is 5.43. The van der Waals surface area contributed by atoms with Crippen LogP contribution in [0.25, 0.3) is 0 Å². The SMILES string of the molecule is CS(=O)(=O)Nc1ccccc1C[C@H](N)C(=O)O. The summed E-state index contributed by atoms with van der Waals surface area (Å²) in [5.41, 5.74) is 6.31. The minimum atomic E-state index is -3.39. The van der Waals surface area contributed by atoms with Gasteiger partial charge in [0.2, 0.25) is 10.0 Å². The van der Waals surface area contributed by atoms with E-state index < -0.39 is 22.0 Å². The summed E-state index contributed by atoms with van der Waals surface area (Å²) in [6.45, 7) is 0. The van der Waals surface area contributed by atoms with Gasteiger partial charge in [-0.1, -0.05) is 18.2 Å². The molecule has 1 aromatic rings. The predicted octanol–water partition coefficient (Wildman–Crippen LogP) is 0.0125. The quantitative estimate of drug-likeness (QED) is 0.689. The average Bonchev–Trinajstić information content (AvgIpc) is 2.18. The Hall–Kier alpha value is -1.60. The summed E-state index contributed by atoms with van der Waals surface area (Å²) >= 11 is 0. The van der Waals surface area contributed by atoms with E-state index in [1.165, 1.54) is 0 Å². The number of hydrogen-bond acceptors (Lipinski definition) is 4. The first kappa shape index (κ1) is 13.5. The van der Waals surface area contributed by atoms with E-state index in [4.69, 9.17) is 10.8 Å². The molecule has 4 N–H and O–H groups in total. The molecule has 0 saturated heterocycles. The van der Waals surface area contributed by atoms with Crippen molar-refractivity contribution in [2.45, 2.75) is 12.5 Å². The number of hydrogen-bond donors (Lipinski definition) is 3. The number of sulfonamides is 1. The highest BCUT2D eigenvalue weighted by molar-refractivity contribution is 7.92. The van der Waals surface area contributed by atoms with Gasteiger partial charge in [-0.25, -0.2) is 8.42 Å². The standard InChI is InChI=1S/C10H14N2O4S/c1-17(15,16)12-9-5-3-2-4-7(9)6-8(11)10(13)14/h2-5,8,12H,6,11H2,1H3,(H,13,14)/t8-/m0/s1. The molecule has 0 aliphatic carbocycles. The minimum absolute atomic E-state index is 0.0635. The van der Waals surface area contributed by atoms with E-state index >= 15 is 0 Å². The van der Waals surface area contributed by atoms with Crippen molar-refractivity contribution in [2.24, 2.45) is 5.73 Å². The lowest BCUT2D eigenvalue weighted by Gasteiger charge is -2.12. The van der Waals surface area contributed by atoms with Crippen molar-refractivity contribution in [3.63, 3.8) is 0 Å². The molecule has 0 aliphatic heterocycles. The highest BCUT2D eigenvalue weighted by Gasteiger charge is 2.15. The third-order valence-corrected chi connectivity index (χ3v) is 2.66. The van der Waals surface area contributed by atoms with Crippen LogP contribution in [0.1, 0.15) is 5.56 Å². The zero-order chi connectivity index (χ0) is 13.1. The van der Waals surface area contributed by atoms with Gasteiger partial charge in [0, 0.05) is 6.42 Å². The average molecular weight is 258 g/mol. The molecule has 1 aromatic carbocycles. The lowest BCUT2D eigenvalue weighted by Crippen LogP contribution is -2.32. The maximum atomic E-state index is 11.1. The number of benzene rings is 1. The zero-order valence-corrected chi connectivity index (χ0v) is 10.1. The van der Waals surface area contributed by atoms with E-state index in [0.717, 1.165) is 6.26 Å². The molecule has 94 valence electrons. The number of nitrogens with two attached hydrogens (primary N) is 1. The number of carbonyl (C=O) groups is 1. The second kappa shape index (κ2) is 5.15. The van der Waals surface area contributed by atoms with Crippen molar-refractivity contribution >= 4 is 21.7 Å². The van der Waals surface area contributed by atoms with Crippen LogP contribution in [-0.2, 0) is 21.2 Å². The van der Waals surface area contributed by atoms with Crippen molar-refractivity contribution in [1.29, 1.82) is 0 Å². The van der Waals surface area contributed by atoms with E-state index in [2.05, 4.69) is 4.72 Å². The molecule has 0 aromatic heterocycles. The summed E-state index contributed by atoms with van der Waals surface area (Å²) in [5, 5.41) is 8.70. The van der Waals surface area contributed by atoms with E-state index in [1.807, 2.05) is 0 Å². The van der Waals surface area contributed by atoms with E-state index in [9.17, 15) is 13.2 Å². The number of aliphatic carboxylic acids is 1. The summed E-state index contributed by atoms with van der Waals surface area (Å²) < 4.78 is 24.5. The van der Waals surface area contributed by atoms with Crippen LogP contribution in [0.15, 0.2) is 24.3 Å². The maximum absolute atomic E-state index is 11.1. The summed E-state index contributed by atoms with van der Waals surface area (Å²) in [4.78, 5) is 10.6. The highest BCUT2D eigenvalue weighted by atomic mass is 32.2. The Morgan fingerprint density at radius 2 is 2.06 bits per heavy atom. The van der Waals surface area contributed by atoms with Crippen molar-refractivity contribution in [1.82, 2.24) is 0 Å². The van der Waals surface area contributed by atoms with Gasteiger partial charge in [-0.05, 0) is 11.6 Å². The lowest BCUT2D eigenvalue weighted by atomic mass is 10.1. The minimum Gasteiger partial charge on any atom is -0.480 e. The second-order valence-electron chi connectivity index (χ2n) is 3.68. The molecule has 0 fully saturated rings. The first-order valence-corrected chi connectivity index (χ1v) is 6.73. The third-order valence-electron chi connectivity index (χ3n) is 2.07. The van der Waals surface area contributed by atoms with Crippen LogP contribution in [0.3, 0.4) is 0 Å². The van der Waals surface area contributed by atoms with Gasteiger partial charge in [-0.2, -0.15) is 0 Å². The van der Waals surface area contributed by atoms with Crippen molar-refractivity contribution in [3.8, 4) is 0 Å². The monoisotopic (exact) mass is 258 g/mol. The van der Waals surface area contributed by atoms with Crippen LogP contribution in [0.4, 0.5) is 5.69 Å². The molecule has 0 spiro atoms. The van der Waals surface area contributed by atoms with E-state index in [0.29, 0.717) is 11.3 Å². The van der Waals surface area contributed by atoms with Gasteiger partial charge in [0.05, 0.1) is 11.9 Å². The molecular weight excluding hydrogens is 244 g/mol. The maximum Gasteiger partial charge on any atom is 0.320 e. The summed E-state index contributed by atoms with van der Waals surface area (Å²) in [6.07, 6.45) is 1.09. The van der Waals surface area contributed by atoms with Crippen molar-refractivity contribution in [3.05, 3.63) is 29.8 Å². The zero-order valence-electron chi connectivity index (χ0n) is 9.25. The topological polar surface area (TPSA) is 109 Å². The number of anilines is 1. The molecule has 0 aliphatic rings. The van der Waals surface area contributed by atoms with Crippen LogP contribution in [-0.4, -0.2) is 31.8 Å². The Kier molecular flexibility index (Phi) is 4.08. The fraction of sp³-hybridized carbons (Fsp3) is 0.300. The molecule has 0 bridgehead atoms. The fourth-order valence-corrected chi connectivity index (χ4v) is 1.92. The molecule has 7 heteroatoms. The first-order chi connectivity index (χ1) is 7.79. The largest absolute Gasteiger partial charge is 0.480 e. The molecule has 0 unspecified atom stereocenters. The molecule has 1 atom stereocenters. The van der Waals surface area contributed by atoms with Crippen LogP contribution in [0.2, 0.25) is 0 Å². The van der Waals surface area contributed by atoms with Gasteiger partial charge < -0.3 is 10.8 Å². The number of carboxylic acid groups (broad SMARTS) is 1. The number of nitrogens with one attached hydrogen (secondary N) is 1. The molecule has 17 heavy (non-hydrogen) atoms. The molecular formula is C10H14N2O4S. The van der Waals surface area contributed by atoms with Crippen molar-refractivity contribution in [2.75, 3.05) is 11.0 Å². The van der Waals surface area contributed by atoms with Gasteiger partial charge in [0.1, 0.15) is 6.04 Å². The highest BCUT2D eigenvalue weighted by Crippen LogP contribution is 2.17. The van der Waals surface area contributed by atoms with Crippen molar-refractivity contribution < 1.29 is 18.3 Å². The Morgan fingerprint density at radius 3 is 2.59 bits per heavy atom. The van der Waals surface area contributed by atoms with Gasteiger partial charge in [-0.3, -0.25) is 9.52 Å². The third kappa shape index (κ3) is 4.41. The Bertz CT molecular complexity index is 513. The summed E-state index contributed by atoms with van der Waals surface area (Å²) in [6, 6.07) is 5.49. The normalized spacial score (nSPS) is 13.1. The van der Waals surface area contributed by atoms with E-state index in [1.54, 1.807) is 24.3 Å². The van der Waals surface area contributed by atoms with E-state index in [-0.39, 0.29) is 6.42 Å². The predicted molar refractivity (Wildman–Crippen MR) is 64.2 cm³/mol. The smallest absolute Gasteiger partial charge is 0.320 e. The van der Waals surface area contributed by atoms with Crippen LogP contribution in [0, 0.1) is 0 Å². The Labute approximate surface area is 99.5 Å². The van der Waals surface area contributed by atoms with Crippen LogP contribution >= 0.6 is 0 Å². The molecule has 0 radical (unpaired) electrons.